The number of hydrogen-bond donors (Lipinski definition) is 1. The second-order valence-corrected chi connectivity index (χ2v) is 8.27. The molecule has 1 N–H and O–H groups in total. The number of carbonyl (C=O) groups is 2. The zero-order valence-corrected chi connectivity index (χ0v) is 18.5. The Balaban J connectivity index is 1.81. The van der Waals surface area contributed by atoms with Crippen LogP contribution in [0.2, 0.25) is 5.02 Å². The van der Waals surface area contributed by atoms with E-state index < -0.39 is 24.7 Å². The molecule has 2 rings (SSSR count). The van der Waals surface area contributed by atoms with Crippen LogP contribution in [0, 0.1) is 5.92 Å². The maximum Gasteiger partial charge on any atom is 0.411 e. The molecule has 10 heteroatoms. The van der Waals surface area contributed by atoms with E-state index in [0.717, 1.165) is 0 Å². The van der Waals surface area contributed by atoms with Crippen molar-refractivity contribution in [1.82, 2.24) is 15.1 Å². The molecule has 1 atom stereocenters. The summed E-state index contributed by atoms with van der Waals surface area (Å²) in [7, 11) is 0. The van der Waals surface area contributed by atoms with Gasteiger partial charge in [-0.1, -0.05) is 37.6 Å². The van der Waals surface area contributed by atoms with Gasteiger partial charge in [0, 0.05) is 39.3 Å². The highest BCUT2D eigenvalue weighted by Crippen LogP contribution is 2.17. The molecule has 6 nitrogen and oxygen atoms in total. The first-order valence-electron chi connectivity index (χ1n) is 10.3. The lowest BCUT2D eigenvalue weighted by Crippen LogP contribution is -2.56. The Morgan fingerprint density at radius 3 is 2.39 bits per heavy atom. The summed E-state index contributed by atoms with van der Waals surface area (Å²) in [5.41, 5.74) is 0.320. The number of hydrogen-bond acceptors (Lipinski definition) is 4. The molecule has 1 unspecified atom stereocenters. The van der Waals surface area contributed by atoms with Crippen molar-refractivity contribution < 1.29 is 27.5 Å². The van der Waals surface area contributed by atoms with Crippen molar-refractivity contribution in [2.75, 3.05) is 45.9 Å². The molecule has 31 heavy (non-hydrogen) atoms. The average molecular weight is 464 g/mol. The quantitative estimate of drug-likeness (QED) is 0.571. The molecule has 0 aliphatic carbocycles. The Morgan fingerprint density at radius 1 is 1.16 bits per heavy atom. The largest absolute Gasteiger partial charge is 0.411 e. The van der Waals surface area contributed by atoms with Gasteiger partial charge in [-0.2, -0.15) is 13.2 Å². The lowest BCUT2D eigenvalue weighted by atomic mass is 10.0. The fourth-order valence-corrected chi connectivity index (χ4v) is 3.57. The molecular weight excluding hydrogens is 435 g/mol. The normalized spacial score (nSPS) is 16.4. The molecular formula is C21H29ClF3N3O3. The van der Waals surface area contributed by atoms with E-state index in [-0.39, 0.29) is 18.4 Å². The SMILES string of the molecule is CC(C)C(NC(=O)c1ccccc1Cl)C(=O)N1CCN(CCCOCC(F)(F)F)CC1. The lowest BCUT2D eigenvalue weighted by Gasteiger charge is -2.37. The summed E-state index contributed by atoms with van der Waals surface area (Å²) in [5.74, 6) is -0.651. The number of alkyl halides is 3. The summed E-state index contributed by atoms with van der Waals surface area (Å²) >= 11 is 6.08. The summed E-state index contributed by atoms with van der Waals surface area (Å²) in [5, 5.41) is 3.13. The van der Waals surface area contributed by atoms with Crippen molar-refractivity contribution >= 4 is 23.4 Å². The summed E-state index contributed by atoms with van der Waals surface area (Å²) < 4.78 is 40.8. The van der Waals surface area contributed by atoms with Crippen LogP contribution in [0.15, 0.2) is 24.3 Å². The molecule has 1 aliphatic rings. The molecule has 2 amide bonds. The zero-order chi connectivity index (χ0) is 23.0. The van der Waals surface area contributed by atoms with E-state index >= 15 is 0 Å². The Kier molecular flexibility index (Phi) is 9.58. The van der Waals surface area contributed by atoms with Gasteiger partial charge in [-0.25, -0.2) is 0 Å². The molecule has 0 radical (unpaired) electrons. The van der Waals surface area contributed by atoms with E-state index in [9.17, 15) is 22.8 Å². The van der Waals surface area contributed by atoms with Crippen LogP contribution in [0.1, 0.15) is 30.6 Å². The summed E-state index contributed by atoms with van der Waals surface area (Å²) in [6, 6.07) is 5.99. The molecule has 1 heterocycles. The van der Waals surface area contributed by atoms with E-state index in [1.165, 1.54) is 0 Å². The van der Waals surface area contributed by atoms with E-state index in [1.54, 1.807) is 29.2 Å². The van der Waals surface area contributed by atoms with Crippen LogP contribution in [0.25, 0.3) is 0 Å². The minimum absolute atomic E-state index is 0.0438. The van der Waals surface area contributed by atoms with Gasteiger partial charge in [0.25, 0.3) is 5.91 Å². The summed E-state index contributed by atoms with van der Waals surface area (Å²) in [4.78, 5) is 29.4. The highest BCUT2D eigenvalue weighted by atomic mass is 35.5. The molecule has 174 valence electrons. The van der Waals surface area contributed by atoms with Crippen molar-refractivity contribution in [2.45, 2.75) is 32.5 Å². The van der Waals surface area contributed by atoms with Gasteiger partial charge in [-0.15, -0.1) is 0 Å². The monoisotopic (exact) mass is 463 g/mol. The third-order valence-electron chi connectivity index (χ3n) is 5.05. The highest BCUT2D eigenvalue weighted by molar-refractivity contribution is 6.33. The van der Waals surface area contributed by atoms with Crippen LogP contribution < -0.4 is 5.32 Å². The van der Waals surface area contributed by atoms with Gasteiger partial charge < -0.3 is 15.0 Å². The first-order chi connectivity index (χ1) is 14.6. The van der Waals surface area contributed by atoms with Crippen LogP contribution in [-0.4, -0.2) is 79.8 Å². The van der Waals surface area contributed by atoms with Gasteiger partial charge in [0.1, 0.15) is 12.6 Å². The number of amides is 2. The fourth-order valence-electron chi connectivity index (χ4n) is 3.34. The van der Waals surface area contributed by atoms with Crippen molar-refractivity contribution in [2.24, 2.45) is 5.92 Å². The minimum atomic E-state index is -4.31. The van der Waals surface area contributed by atoms with Crippen LogP contribution >= 0.6 is 11.6 Å². The second-order valence-electron chi connectivity index (χ2n) is 7.86. The van der Waals surface area contributed by atoms with Gasteiger partial charge in [-0.05, 0) is 24.5 Å². The number of nitrogens with zero attached hydrogens (tertiary/aromatic N) is 2. The van der Waals surface area contributed by atoms with E-state index in [4.69, 9.17) is 11.6 Å². The highest BCUT2D eigenvalue weighted by Gasteiger charge is 2.31. The number of benzene rings is 1. The first kappa shape index (κ1) is 25.4. The maximum atomic E-state index is 13.0. The number of ether oxygens (including phenoxy) is 1. The molecule has 1 aromatic rings. The van der Waals surface area contributed by atoms with Crippen molar-refractivity contribution in [3.8, 4) is 0 Å². The summed E-state index contributed by atoms with van der Waals surface area (Å²) in [6.45, 7) is 5.38. The Morgan fingerprint density at radius 2 is 1.81 bits per heavy atom. The predicted octanol–water partition coefficient (Wildman–Crippen LogP) is 3.21. The average Bonchev–Trinajstić information content (AvgIpc) is 2.71. The molecule has 0 aromatic heterocycles. The Bertz CT molecular complexity index is 738. The van der Waals surface area contributed by atoms with E-state index in [1.807, 2.05) is 13.8 Å². The van der Waals surface area contributed by atoms with Gasteiger partial charge in [0.2, 0.25) is 5.91 Å². The third kappa shape index (κ3) is 8.31. The number of carbonyl (C=O) groups excluding carboxylic acids is 2. The maximum absolute atomic E-state index is 13.0. The van der Waals surface area contributed by atoms with Crippen molar-refractivity contribution in [3.63, 3.8) is 0 Å². The molecule has 0 spiro atoms. The van der Waals surface area contributed by atoms with Crippen LogP contribution in [-0.2, 0) is 9.53 Å². The van der Waals surface area contributed by atoms with Crippen molar-refractivity contribution in [1.29, 1.82) is 0 Å². The number of piperazine rings is 1. The minimum Gasteiger partial charge on any atom is -0.372 e. The zero-order valence-electron chi connectivity index (χ0n) is 17.8. The molecule has 1 fully saturated rings. The van der Waals surface area contributed by atoms with Crippen LogP contribution in [0.4, 0.5) is 13.2 Å². The molecule has 0 saturated carbocycles. The second kappa shape index (κ2) is 11.7. The van der Waals surface area contributed by atoms with Crippen LogP contribution in [0.3, 0.4) is 0 Å². The Labute approximate surface area is 185 Å². The van der Waals surface area contributed by atoms with Gasteiger partial charge in [0.05, 0.1) is 10.6 Å². The van der Waals surface area contributed by atoms with Gasteiger partial charge >= 0.3 is 6.18 Å². The summed E-state index contributed by atoms with van der Waals surface area (Å²) in [6.07, 6.45) is -3.81. The molecule has 1 aromatic carbocycles. The lowest BCUT2D eigenvalue weighted by molar-refractivity contribution is -0.174. The van der Waals surface area contributed by atoms with Gasteiger partial charge in [-0.3, -0.25) is 14.5 Å². The van der Waals surface area contributed by atoms with Crippen molar-refractivity contribution in [3.05, 3.63) is 34.9 Å². The number of nitrogens with one attached hydrogen (secondary N) is 1. The number of halogens is 4. The standard InChI is InChI=1S/C21H29ClF3N3O3/c1-15(2)18(26-19(29)16-6-3-4-7-17(16)22)20(30)28-11-9-27(10-12-28)8-5-13-31-14-21(23,24)25/h3-4,6-7,15,18H,5,8-14H2,1-2H3,(H,26,29). The fraction of sp³-hybridized carbons (Fsp3) is 0.619. The molecule has 0 bridgehead atoms. The molecule has 1 aliphatic heterocycles. The Hall–Kier alpha value is -1.84. The molecule has 1 saturated heterocycles. The first-order valence-corrected chi connectivity index (χ1v) is 10.7. The van der Waals surface area contributed by atoms with Crippen LogP contribution in [0.5, 0.6) is 0 Å². The van der Waals surface area contributed by atoms with E-state index in [0.29, 0.717) is 49.7 Å². The smallest absolute Gasteiger partial charge is 0.372 e. The number of rotatable bonds is 9. The topological polar surface area (TPSA) is 61.9 Å². The van der Waals surface area contributed by atoms with E-state index in [2.05, 4.69) is 15.0 Å². The predicted molar refractivity (Wildman–Crippen MR) is 112 cm³/mol. The van der Waals surface area contributed by atoms with Gasteiger partial charge in [0.15, 0.2) is 0 Å². The third-order valence-corrected chi connectivity index (χ3v) is 5.38.